The molecule has 0 bridgehead atoms. The van der Waals surface area contributed by atoms with E-state index in [1.54, 1.807) is 24.4 Å². The number of carbonyl (C=O) groups is 3. The summed E-state index contributed by atoms with van der Waals surface area (Å²) < 4.78 is 63.3. The van der Waals surface area contributed by atoms with E-state index in [1.165, 1.54) is 11.0 Å². The Hall–Kier alpha value is -4.71. The van der Waals surface area contributed by atoms with Crippen molar-refractivity contribution in [3.63, 3.8) is 0 Å². The third-order valence-electron chi connectivity index (χ3n) is 5.80. The fraction of sp³-hybridized carbons (Fsp3) is 0.280. The van der Waals surface area contributed by atoms with Crippen LogP contribution in [0.3, 0.4) is 0 Å². The molecule has 1 fully saturated rings. The zero-order chi connectivity index (χ0) is 29.6. The van der Waals surface area contributed by atoms with Gasteiger partial charge in [-0.25, -0.2) is 18.4 Å². The molecule has 0 saturated carbocycles. The van der Waals surface area contributed by atoms with Gasteiger partial charge in [0, 0.05) is 35.4 Å². The van der Waals surface area contributed by atoms with Gasteiger partial charge in [-0.05, 0) is 55.2 Å². The zero-order valence-corrected chi connectivity index (χ0v) is 20.5. The van der Waals surface area contributed by atoms with Crippen LogP contribution in [-0.2, 0) is 16.0 Å². The lowest BCUT2D eigenvalue weighted by Crippen LogP contribution is -2.46. The molecular weight excluding hydrogens is 545 g/mol. The molecule has 0 radical (unpaired) electrons. The molecule has 2 amide bonds. The first-order chi connectivity index (χ1) is 18.8. The number of benzene rings is 2. The summed E-state index contributed by atoms with van der Waals surface area (Å²) in [5, 5.41) is 19.4. The first-order valence-electron chi connectivity index (χ1n) is 11.6. The molecule has 1 aromatic heterocycles. The number of ether oxygens (including phenoxy) is 1. The van der Waals surface area contributed by atoms with E-state index in [4.69, 9.17) is 20.4 Å². The summed E-state index contributed by atoms with van der Waals surface area (Å²) in [4.78, 5) is 38.4. The molecular formula is C25H22F5N5O5. The van der Waals surface area contributed by atoms with Gasteiger partial charge in [-0.2, -0.15) is 18.4 Å². The van der Waals surface area contributed by atoms with Gasteiger partial charge in [0.05, 0.1) is 12.1 Å². The Labute approximate surface area is 223 Å². The number of anilines is 1. The quantitative estimate of drug-likeness (QED) is 0.338. The minimum Gasteiger partial charge on any atom is -0.475 e. The van der Waals surface area contributed by atoms with Gasteiger partial charge in [-0.1, -0.05) is 0 Å². The van der Waals surface area contributed by atoms with Crippen molar-refractivity contribution in [3.05, 3.63) is 59.8 Å². The number of nitriles is 1. The predicted octanol–water partition coefficient (Wildman–Crippen LogP) is 4.07. The molecule has 3 aromatic rings. The maximum Gasteiger partial charge on any atom is 0.490 e. The van der Waals surface area contributed by atoms with E-state index >= 15 is 0 Å². The number of halogens is 5. The number of carbonyl (C=O) groups excluding carboxylic acids is 2. The number of nitrogens with zero attached hydrogens (tertiary/aromatic N) is 2. The second-order valence-electron chi connectivity index (χ2n) is 8.60. The van der Waals surface area contributed by atoms with Crippen molar-refractivity contribution in [1.29, 1.82) is 5.26 Å². The molecule has 0 unspecified atom stereocenters. The van der Waals surface area contributed by atoms with Crippen LogP contribution in [0.25, 0.3) is 10.9 Å². The Kier molecular flexibility index (Phi) is 9.27. The van der Waals surface area contributed by atoms with Crippen LogP contribution in [0.1, 0.15) is 18.4 Å². The molecule has 0 aliphatic carbocycles. The van der Waals surface area contributed by atoms with Crippen LogP contribution < -0.4 is 15.8 Å². The van der Waals surface area contributed by atoms with Crippen LogP contribution in [0.15, 0.2) is 42.6 Å². The maximum atomic E-state index is 13.3. The number of alkyl halides is 3. The van der Waals surface area contributed by atoms with Gasteiger partial charge in [0.1, 0.15) is 11.8 Å². The van der Waals surface area contributed by atoms with E-state index in [1.807, 2.05) is 0 Å². The van der Waals surface area contributed by atoms with Crippen molar-refractivity contribution in [2.24, 2.45) is 5.73 Å². The van der Waals surface area contributed by atoms with E-state index in [9.17, 15) is 36.8 Å². The Morgan fingerprint density at radius 2 is 1.90 bits per heavy atom. The lowest BCUT2D eigenvalue weighted by Gasteiger charge is -2.23. The number of hydrogen-bond acceptors (Lipinski definition) is 6. The Balaban J connectivity index is 0.000000559. The molecule has 5 N–H and O–H groups in total. The van der Waals surface area contributed by atoms with Crippen molar-refractivity contribution in [2.75, 3.05) is 11.9 Å². The van der Waals surface area contributed by atoms with E-state index in [2.05, 4.69) is 16.4 Å². The SMILES string of the molecule is N#C[C@@H]1CCCN1C(=O)[C@@H](N)Cc1c[nH]c2ccc(OC(=O)Nc3ccc(F)c(F)c3)cc12.O=C(O)C(F)(F)F. The first-order valence-corrected chi connectivity index (χ1v) is 11.6. The number of aliphatic carboxylic acids is 1. The number of hydrogen-bond donors (Lipinski definition) is 4. The fourth-order valence-corrected chi connectivity index (χ4v) is 3.92. The normalized spacial score (nSPS) is 15.5. The van der Waals surface area contributed by atoms with Gasteiger partial charge in [-0.3, -0.25) is 10.1 Å². The molecule has 1 aliphatic rings. The molecule has 2 atom stereocenters. The lowest BCUT2D eigenvalue weighted by molar-refractivity contribution is -0.192. The zero-order valence-electron chi connectivity index (χ0n) is 20.5. The minimum atomic E-state index is -5.08. The molecule has 1 aliphatic heterocycles. The molecule has 212 valence electrons. The van der Waals surface area contributed by atoms with Crippen LogP contribution in [0, 0.1) is 23.0 Å². The number of aromatic amines is 1. The third-order valence-corrected chi connectivity index (χ3v) is 5.80. The van der Waals surface area contributed by atoms with Gasteiger partial charge in [0.15, 0.2) is 11.6 Å². The minimum absolute atomic E-state index is 0.0457. The van der Waals surface area contributed by atoms with Crippen molar-refractivity contribution in [2.45, 2.75) is 37.5 Å². The summed E-state index contributed by atoms with van der Waals surface area (Å²) in [6.07, 6.45) is -2.57. The number of nitrogens with one attached hydrogen (secondary N) is 2. The van der Waals surface area contributed by atoms with Crippen molar-refractivity contribution in [3.8, 4) is 11.8 Å². The second kappa shape index (κ2) is 12.4. The number of carboxylic acids is 1. The summed E-state index contributed by atoms with van der Waals surface area (Å²) in [6.45, 7) is 0.518. The molecule has 0 spiro atoms. The van der Waals surface area contributed by atoms with Gasteiger partial charge >= 0.3 is 18.2 Å². The summed E-state index contributed by atoms with van der Waals surface area (Å²) in [6, 6.07) is 8.73. The van der Waals surface area contributed by atoms with E-state index < -0.39 is 42.0 Å². The van der Waals surface area contributed by atoms with Gasteiger partial charge in [-0.15, -0.1) is 0 Å². The molecule has 2 heterocycles. The Bertz CT molecular complexity index is 1450. The van der Waals surface area contributed by atoms with Crippen LogP contribution in [-0.4, -0.2) is 57.8 Å². The number of rotatable bonds is 5. The molecule has 40 heavy (non-hydrogen) atoms. The summed E-state index contributed by atoms with van der Waals surface area (Å²) >= 11 is 0. The first kappa shape index (κ1) is 29.8. The summed E-state index contributed by atoms with van der Waals surface area (Å²) in [5.74, 6) is -4.93. The van der Waals surface area contributed by atoms with Gasteiger partial charge < -0.3 is 25.5 Å². The molecule has 15 heteroatoms. The van der Waals surface area contributed by atoms with Crippen LogP contribution in [0.5, 0.6) is 5.75 Å². The number of H-pyrrole nitrogens is 1. The highest BCUT2D eigenvalue weighted by Crippen LogP contribution is 2.26. The summed E-state index contributed by atoms with van der Waals surface area (Å²) in [5.41, 5.74) is 7.72. The van der Waals surface area contributed by atoms with Crippen LogP contribution in [0.4, 0.5) is 32.4 Å². The van der Waals surface area contributed by atoms with E-state index in [-0.39, 0.29) is 23.8 Å². The number of nitrogens with two attached hydrogens (primary N) is 1. The van der Waals surface area contributed by atoms with Crippen molar-refractivity contribution in [1.82, 2.24) is 9.88 Å². The van der Waals surface area contributed by atoms with Gasteiger partial charge in [0.25, 0.3) is 0 Å². The second-order valence-corrected chi connectivity index (χ2v) is 8.60. The van der Waals surface area contributed by atoms with Gasteiger partial charge in [0.2, 0.25) is 5.91 Å². The molecule has 1 saturated heterocycles. The fourth-order valence-electron chi connectivity index (χ4n) is 3.92. The Morgan fingerprint density at radius 3 is 2.52 bits per heavy atom. The average Bonchev–Trinajstić information content (AvgIpc) is 3.52. The third kappa shape index (κ3) is 7.44. The van der Waals surface area contributed by atoms with E-state index in [0.29, 0.717) is 13.0 Å². The lowest BCUT2D eigenvalue weighted by atomic mass is 10.0. The standard InChI is InChI=1S/C23H21F2N5O3.C2HF3O2/c24-18-5-3-14(9-19(18)25)29-23(32)33-16-4-6-21-17(10-16)13(12-28-21)8-20(27)22(31)30-7-1-2-15(30)11-26;3-2(4,5)1(6)7/h3-6,9-10,12,15,20,28H,1-2,7-8,27H2,(H,29,32);(H,6,7)/t15-,20-;/m0./s1. The topological polar surface area (TPSA) is 162 Å². The number of likely N-dealkylation sites (tertiary alicyclic amines) is 1. The summed E-state index contributed by atoms with van der Waals surface area (Å²) in [7, 11) is 0. The predicted molar refractivity (Wildman–Crippen MR) is 130 cm³/mol. The number of aromatic nitrogens is 1. The highest BCUT2D eigenvalue weighted by molar-refractivity contribution is 5.89. The van der Waals surface area contributed by atoms with Crippen molar-refractivity contribution >= 4 is 34.6 Å². The van der Waals surface area contributed by atoms with Crippen molar-refractivity contribution < 1.29 is 46.2 Å². The monoisotopic (exact) mass is 567 g/mol. The number of fused-ring (bicyclic) bond motifs is 1. The average molecular weight is 567 g/mol. The number of carboxylic acid groups (broad SMARTS) is 1. The number of amides is 2. The molecule has 10 nitrogen and oxygen atoms in total. The maximum absolute atomic E-state index is 13.3. The Morgan fingerprint density at radius 1 is 1.20 bits per heavy atom. The highest BCUT2D eigenvalue weighted by atomic mass is 19.4. The molecule has 4 rings (SSSR count). The van der Waals surface area contributed by atoms with E-state index in [0.717, 1.165) is 35.0 Å². The van der Waals surface area contributed by atoms with Crippen LogP contribution in [0.2, 0.25) is 0 Å². The molecule has 2 aromatic carbocycles. The highest BCUT2D eigenvalue weighted by Gasteiger charge is 2.38. The van der Waals surface area contributed by atoms with Crippen LogP contribution >= 0.6 is 0 Å². The largest absolute Gasteiger partial charge is 0.490 e. The smallest absolute Gasteiger partial charge is 0.475 e.